The van der Waals surface area contributed by atoms with Gasteiger partial charge in [0.05, 0.1) is 0 Å². The molecule has 1 N–H and O–H groups in total. The van der Waals surface area contributed by atoms with Crippen molar-refractivity contribution < 1.29 is 5.11 Å². The lowest BCUT2D eigenvalue weighted by Crippen LogP contribution is -2.25. The van der Waals surface area contributed by atoms with E-state index in [2.05, 4.69) is 76.2 Å². The van der Waals surface area contributed by atoms with Crippen molar-refractivity contribution in [1.29, 1.82) is 0 Å². The second kappa shape index (κ2) is 12.6. The lowest BCUT2D eigenvalue weighted by atomic mass is 9.69. The average Bonchev–Trinajstić information content (AvgIpc) is 2.83. The van der Waals surface area contributed by atoms with Crippen LogP contribution in [0.25, 0.3) is 11.1 Å². The van der Waals surface area contributed by atoms with Crippen LogP contribution in [0.15, 0.2) is 48.5 Å². The lowest BCUT2D eigenvalue weighted by molar-refractivity contribution is 0.145. The molecule has 1 fully saturated rings. The number of aliphatic hydroxyl groups is 1. The summed E-state index contributed by atoms with van der Waals surface area (Å²) in [5.74, 6) is 3.24. The van der Waals surface area contributed by atoms with E-state index >= 15 is 0 Å². The highest BCUT2D eigenvalue weighted by atomic mass is 16.3. The highest BCUT2D eigenvalue weighted by molar-refractivity contribution is 5.64. The van der Waals surface area contributed by atoms with Crippen LogP contribution in [-0.4, -0.2) is 11.7 Å². The van der Waals surface area contributed by atoms with E-state index in [9.17, 15) is 5.11 Å². The summed E-state index contributed by atoms with van der Waals surface area (Å²) in [5, 5.41) is 9.79. The molecule has 0 amide bonds. The van der Waals surface area contributed by atoms with Crippen molar-refractivity contribution in [1.82, 2.24) is 0 Å². The molecule has 0 aromatic heterocycles. The zero-order valence-corrected chi connectivity index (χ0v) is 21.0. The van der Waals surface area contributed by atoms with E-state index in [-0.39, 0.29) is 0 Å². The van der Waals surface area contributed by atoms with Gasteiger partial charge in [-0.25, -0.2) is 0 Å². The van der Waals surface area contributed by atoms with Gasteiger partial charge in [-0.1, -0.05) is 102 Å². The van der Waals surface area contributed by atoms with Gasteiger partial charge in [0.25, 0.3) is 0 Å². The Morgan fingerprint density at radius 1 is 0.906 bits per heavy atom. The largest absolute Gasteiger partial charge is 0.396 e. The first kappa shape index (κ1) is 25.0. The number of rotatable bonds is 11. The first-order chi connectivity index (χ1) is 15.5. The fourth-order valence-corrected chi connectivity index (χ4v) is 5.59. The number of hydrogen-bond donors (Lipinski definition) is 1. The van der Waals surface area contributed by atoms with E-state index in [4.69, 9.17) is 0 Å². The molecular weight excluding hydrogens is 388 g/mol. The Kier molecular flexibility index (Phi) is 9.85. The SMILES string of the molecule is CCCCCC1CC[C@@H](CO)C[C@@H]1c1ccc(-c2cccc(C(C)CCC(C)C)c2)cc1. The van der Waals surface area contributed by atoms with Crippen LogP contribution in [-0.2, 0) is 0 Å². The molecule has 1 aliphatic carbocycles. The van der Waals surface area contributed by atoms with Gasteiger partial charge in [-0.05, 0) is 83.9 Å². The molecule has 2 unspecified atom stereocenters. The summed E-state index contributed by atoms with van der Waals surface area (Å²) in [5.41, 5.74) is 5.60. The highest BCUT2D eigenvalue weighted by Crippen LogP contribution is 2.43. The fourth-order valence-electron chi connectivity index (χ4n) is 5.59. The molecule has 3 rings (SSSR count). The molecule has 0 saturated heterocycles. The molecule has 0 aliphatic heterocycles. The van der Waals surface area contributed by atoms with Gasteiger partial charge in [0.15, 0.2) is 0 Å². The second-order valence-electron chi connectivity index (χ2n) is 10.8. The average molecular weight is 435 g/mol. The number of benzene rings is 2. The van der Waals surface area contributed by atoms with Crippen LogP contribution in [0.5, 0.6) is 0 Å². The van der Waals surface area contributed by atoms with Crippen LogP contribution in [0.1, 0.15) is 108 Å². The van der Waals surface area contributed by atoms with E-state index in [0.29, 0.717) is 24.4 Å². The number of unbranched alkanes of at least 4 members (excludes halogenated alkanes) is 2. The molecule has 0 bridgehead atoms. The van der Waals surface area contributed by atoms with Crippen molar-refractivity contribution in [3.8, 4) is 11.1 Å². The highest BCUT2D eigenvalue weighted by Gasteiger charge is 2.30. The summed E-state index contributed by atoms with van der Waals surface area (Å²) in [6.45, 7) is 9.63. The molecule has 1 nitrogen and oxygen atoms in total. The van der Waals surface area contributed by atoms with Gasteiger partial charge in [-0.15, -0.1) is 0 Å². The maximum absolute atomic E-state index is 9.79. The fraction of sp³-hybridized carbons (Fsp3) is 0.613. The predicted molar refractivity (Wildman–Crippen MR) is 139 cm³/mol. The first-order valence-electron chi connectivity index (χ1n) is 13.3. The number of aliphatic hydroxyl groups excluding tert-OH is 1. The Morgan fingerprint density at radius 2 is 1.69 bits per heavy atom. The minimum Gasteiger partial charge on any atom is -0.396 e. The van der Waals surface area contributed by atoms with Gasteiger partial charge >= 0.3 is 0 Å². The van der Waals surface area contributed by atoms with Crippen LogP contribution in [0, 0.1) is 17.8 Å². The summed E-state index contributed by atoms with van der Waals surface area (Å²) in [4.78, 5) is 0. The van der Waals surface area contributed by atoms with Crippen molar-refractivity contribution in [3.05, 3.63) is 59.7 Å². The number of hydrogen-bond acceptors (Lipinski definition) is 1. The minimum absolute atomic E-state index is 0.345. The van der Waals surface area contributed by atoms with E-state index < -0.39 is 0 Å². The summed E-state index contributed by atoms with van der Waals surface area (Å²) in [6.07, 6.45) is 11.5. The van der Waals surface area contributed by atoms with Gasteiger partial charge < -0.3 is 5.11 Å². The minimum atomic E-state index is 0.345. The molecule has 0 radical (unpaired) electrons. The lowest BCUT2D eigenvalue weighted by Gasteiger charge is -2.36. The zero-order valence-electron chi connectivity index (χ0n) is 21.0. The Bertz CT molecular complexity index is 788. The molecular formula is C31H46O. The molecule has 0 spiro atoms. The summed E-state index contributed by atoms with van der Waals surface area (Å²) < 4.78 is 0. The second-order valence-corrected chi connectivity index (χ2v) is 10.8. The molecule has 1 saturated carbocycles. The van der Waals surface area contributed by atoms with Crippen LogP contribution >= 0.6 is 0 Å². The van der Waals surface area contributed by atoms with E-state index in [0.717, 1.165) is 18.3 Å². The molecule has 2 aromatic carbocycles. The van der Waals surface area contributed by atoms with Crippen LogP contribution < -0.4 is 0 Å². The van der Waals surface area contributed by atoms with Gasteiger partial charge in [0, 0.05) is 6.61 Å². The standard InChI is InChI=1S/C31H46O/c1-5-6-7-9-27-15-14-25(22-32)20-31(27)28-18-16-26(17-19-28)30-11-8-10-29(21-30)24(4)13-12-23(2)3/h8,10-11,16-19,21,23-25,27,31-32H,5-7,9,12-15,20,22H2,1-4H3/t24?,25-,27?,31+/m1/s1. The van der Waals surface area contributed by atoms with Crippen LogP contribution in [0.3, 0.4) is 0 Å². The Labute approximate surface area is 197 Å². The third-order valence-electron chi connectivity index (χ3n) is 7.84. The van der Waals surface area contributed by atoms with Crippen molar-refractivity contribution in [2.75, 3.05) is 6.61 Å². The maximum atomic E-state index is 9.79. The smallest absolute Gasteiger partial charge is 0.0459 e. The summed E-state index contributed by atoms with van der Waals surface area (Å²) >= 11 is 0. The predicted octanol–water partition coefficient (Wildman–Crippen LogP) is 8.97. The van der Waals surface area contributed by atoms with Crippen molar-refractivity contribution in [3.63, 3.8) is 0 Å². The molecule has 4 atom stereocenters. The molecule has 32 heavy (non-hydrogen) atoms. The monoisotopic (exact) mass is 434 g/mol. The summed E-state index contributed by atoms with van der Waals surface area (Å²) in [7, 11) is 0. The molecule has 0 heterocycles. The molecule has 1 heteroatoms. The van der Waals surface area contributed by atoms with Gasteiger partial charge in [-0.2, -0.15) is 0 Å². The van der Waals surface area contributed by atoms with E-state index in [1.165, 1.54) is 73.6 Å². The third-order valence-corrected chi connectivity index (χ3v) is 7.84. The Morgan fingerprint density at radius 3 is 2.38 bits per heavy atom. The quantitative estimate of drug-likeness (QED) is 0.350. The van der Waals surface area contributed by atoms with Crippen molar-refractivity contribution in [2.24, 2.45) is 17.8 Å². The van der Waals surface area contributed by atoms with E-state index in [1.54, 1.807) is 0 Å². The third kappa shape index (κ3) is 6.95. The molecule has 1 aliphatic rings. The van der Waals surface area contributed by atoms with Gasteiger partial charge in [-0.3, -0.25) is 0 Å². The van der Waals surface area contributed by atoms with E-state index in [1.807, 2.05) is 0 Å². The van der Waals surface area contributed by atoms with Gasteiger partial charge in [0.1, 0.15) is 0 Å². The van der Waals surface area contributed by atoms with Crippen molar-refractivity contribution >= 4 is 0 Å². The van der Waals surface area contributed by atoms with Crippen LogP contribution in [0.4, 0.5) is 0 Å². The summed E-state index contributed by atoms with van der Waals surface area (Å²) in [6, 6.07) is 18.6. The first-order valence-corrected chi connectivity index (χ1v) is 13.3. The topological polar surface area (TPSA) is 20.2 Å². The molecule has 176 valence electrons. The zero-order chi connectivity index (χ0) is 22.9. The molecule has 2 aromatic rings. The Balaban J connectivity index is 1.73. The maximum Gasteiger partial charge on any atom is 0.0459 e. The normalized spacial score (nSPS) is 22.2. The van der Waals surface area contributed by atoms with Gasteiger partial charge in [0.2, 0.25) is 0 Å². The Hall–Kier alpha value is -1.60. The van der Waals surface area contributed by atoms with Crippen molar-refractivity contribution in [2.45, 2.75) is 97.3 Å². The van der Waals surface area contributed by atoms with Crippen LogP contribution in [0.2, 0.25) is 0 Å².